The summed E-state index contributed by atoms with van der Waals surface area (Å²) in [6.07, 6.45) is 7.04. The number of halogens is 1. The molecule has 148 valence electrons. The molecular formula is C16H33IN4O3S. The minimum Gasteiger partial charge on any atom is -0.381 e. The average Bonchev–Trinajstić information content (AvgIpc) is 3.31. The summed E-state index contributed by atoms with van der Waals surface area (Å²) in [5, 5.41) is 6.21. The molecule has 9 heteroatoms. The zero-order valence-corrected chi connectivity index (χ0v) is 18.3. The maximum atomic E-state index is 11.9. The van der Waals surface area contributed by atoms with Crippen LogP contribution in [0.25, 0.3) is 0 Å². The Balaban J connectivity index is 0.00000312. The summed E-state index contributed by atoms with van der Waals surface area (Å²) in [6.45, 7) is 3.32. The summed E-state index contributed by atoms with van der Waals surface area (Å²) >= 11 is 0. The van der Waals surface area contributed by atoms with Crippen LogP contribution in [0.5, 0.6) is 0 Å². The molecule has 0 saturated heterocycles. The second kappa shape index (κ2) is 12.3. The highest BCUT2D eigenvalue weighted by Gasteiger charge is 2.21. The van der Waals surface area contributed by atoms with E-state index in [2.05, 4.69) is 20.3 Å². The smallest absolute Gasteiger partial charge is 0.213 e. The summed E-state index contributed by atoms with van der Waals surface area (Å²) in [6, 6.07) is 0. The van der Waals surface area contributed by atoms with Crippen LogP contribution in [0.2, 0.25) is 0 Å². The predicted molar refractivity (Wildman–Crippen MR) is 112 cm³/mol. The molecule has 7 nitrogen and oxygen atoms in total. The predicted octanol–water partition coefficient (Wildman–Crippen LogP) is 1.31. The highest BCUT2D eigenvalue weighted by Crippen LogP contribution is 2.28. The van der Waals surface area contributed by atoms with E-state index < -0.39 is 10.0 Å². The monoisotopic (exact) mass is 488 g/mol. The number of guanidine groups is 1. The zero-order chi connectivity index (χ0) is 17.3. The van der Waals surface area contributed by atoms with Crippen molar-refractivity contribution in [3.63, 3.8) is 0 Å². The fourth-order valence-electron chi connectivity index (χ4n) is 2.45. The Morgan fingerprint density at radius 3 is 2.44 bits per heavy atom. The quantitative estimate of drug-likeness (QED) is 0.167. The molecule has 0 unspecified atom stereocenters. The van der Waals surface area contributed by atoms with Crippen molar-refractivity contribution in [1.82, 2.24) is 15.4 Å². The van der Waals surface area contributed by atoms with Crippen LogP contribution in [-0.2, 0) is 14.8 Å². The van der Waals surface area contributed by atoms with E-state index in [1.165, 1.54) is 19.3 Å². The van der Waals surface area contributed by atoms with Crippen molar-refractivity contribution >= 4 is 40.0 Å². The zero-order valence-electron chi connectivity index (χ0n) is 15.1. The summed E-state index contributed by atoms with van der Waals surface area (Å²) in [7, 11) is -1.52. The number of rotatable bonds is 12. The maximum Gasteiger partial charge on any atom is 0.213 e. The number of nitrogens with one attached hydrogen (secondary N) is 3. The first kappa shape index (κ1) is 22.9. The van der Waals surface area contributed by atoms with Gasteiger partial charge in [-0.3, -0.25) is 4.99 Å². The Hall–Kier alpha value is -0.130. The lowest BCUT2D eigenvalue weighted by molar-refractivity contribution is 0.123. The summed E-state index contributed by atoms with van der Waals surface area (Å²) in [5.74, 6) is 2.02. The van der Waals surface area contributed by atoms with Gasteiger partial charge in [0.2, 0.25) is 10.0 Å². The molecule has 0 heterocycles. The largest absolute Gasteiger partial charge is 0.381 e. The first-order valence-electron chi connectivity index (χ1n) is 9.08. The van der Waals surface area contributed by atoms with Crippen molar-refractivity contribution in [1.29, 1.82) is 0 Å². The molecule has 2 fully saturated rings. The van der Waals surface area contributed by atoms with Crippen molar-refractivity contribution in [2.45, 2.75) is 38.5 Å². The molecule has 2 saturated carbocycles. The third-order valence-electron chi connectivity index (χ3n) is 4.51. The van der Waals surface area contributed by atoms with Crippen LogP contribution >= 0.6 is 24.0 Å². The Morgan fingerprint density at radius 1 is 1.12 bits per heavy atom. The molecule has 2 aliphatic rings. The molecule has 3 N–H and O–H groups in total. The molecule has 0 spiro atoms. The Bertz CT molecular complexity index is 494. The molecule has 0 aliphatic heterocycles. The van der Waals surface area contributed by atoms with Gasteiger partial charge < -0.3 is 15.4 Å². The number of aliphatic imine (C=N–C) groups is 1. The van der Waals surface area contributed by atoms with Crippen LogP contribution in [0.1, 0.15) is 38.5 Å². The number of ether oxygens (including phenoxy) is 1. The minimum atomic E-state index is -3.21. The lowest BCUT2D eigenvalue weighted by Gasteiger charge is -2.25. The molecule has 2 rings (SSSR count). The van der Waals surface area contributed by atoms with Crippen molar-refractivity contribution in [2.24, 2.45) is 16.8 Å². The van der Waals surface area contributed by atoms with E-state index in [1.807, 2.05) is 0 Å². The Kier molecular flexibility index (Phi) is 11.3. The van der Waals surface area contributed by atoms with Gasteiger partial charge in [-0.25, -0.2) is 13.1 Å². The fourth-order valence-corrected chi connectivity index (χ4v) is 3.46. The number of sulfonamides is 1. The van der Waals surface area contributed by atoms with Gasteiger partial charge in [-0.2, -0.15) is 0 Å². The first-order chi connectivity index (χ1) is 11.6. The van der Waals surface area contributed by atoms with Gasteiger partial charge in [0, 0.05) is 39.9 Å². The molecular weight excluding hydrogens is 455 g/mol. The van der Waals surface area contributed by atoms with E-state index in [1.54, 1.807) is 7.05 Å². The Morgan fingerprint density at radius 2 is 1.84 bits per heavy atom. The van der Waals surface area contributed by atoms with Crippen LogP contribution < -0.4 is 15.4 Å². The van der Waals surface area contributed by atoms with E-state index in [9.17, 15) is 8.42 Å². The first-order valence-corrected chi connectivity index (χ1v) is 10.7. The molecule has 0 aromatic rings. The molecule has 25 heavy (non-hydrogen) atoms. The molecule has 0 radical (unpaired) electrons. The molecule has 0 amide bonds. The third-order valence-corrected chi connectivity index (χ3v) is 5.86. The summed E-state index contributed by atoms with van der Waals surface area (Å²) in [4.78, 5) is 4.10. The Labute approximate surface area is 169 Å². The molecule has 0 bridgehead atoms. The van der Waals surface area contributed by atoms with Crippen LogP contribution in [0, 0.1) is 11.8 Å². The number of hydrogen-bond donors (Lipinski definition) is 3. The molecule has 2 aliphatic carbocycles. The van der Waals surface area contributed by atoms with E-state index in [4.69, 9.17) is 4.74 Å². The maximum absolute atomic E-state index is 11.9. The van der Waals surface area contributed by atoms with E-state index in [0.717, 1.165) is 44.9 Å². The van der Waals surface area contributed by atoms with Crippen molar-refractivity contribution in [3.05, 3.63) is 0 Å². The van der Waals surface area contributed by atoms with Gasteiger partial charge in [-0.15, -0.1) is 24.0 Å². The van der Waals surface area contributed by atoms with Crippen molar-refractivity contribution in [3.8, 4) is 0 Å². The number of nitrogens with zero attached hydrogens (tertiary/aromatic N) is 1. The van der Waals surface area contributed by atoms with Crippen LogP contribution in [0.3, 0.4) is 0 Å². The van der Waals surface area contributed by atoms with Crippen LogP contribution in [0.4, 0.5) is 0 Å². The van der Waals surface area contributed by atoms with Gasteiger partial charge in [0.05, 0.1) is 5.75 Å². The van der Waals surface area contributed by atoms with E-state index in [-0.39, 0.29) is 29.7 Å². The topological polar surface area (TPSA) is 91.8 Å². The third kappa shape index (κ3) is 10.6. The van der Waals surface area contributed by atoms with Crippen LogP contribution in [-0.4, -0.2) is 60.0 Å². The molecule has 0 atom stereocenters. The second-order valence-corrected chi connectivity index (χ2v) is 8.69. The lowest BCUT2D eigenvalue weighted by atomic mass is 9.86. The van der Waals surface area contributed by atoms with Gasteiger partial charge >= 0.3 is 0 Å². The SMILES string of the molecule is CN=C(NCCCOCC1CC1)NCCS(=O)(=O)NCC1CCC1.I. The van der Waals surface area contributed by atoms with Gasteiger partial charge in [0.1, 0.15) is 0 Å². The van der Waals surface area contributed by atoms with Crippen molar-refractivity contribution < 1.29 is 13.2 Å². The number of hydrogen-bond acceptors (Lipinski definition) is 4. The van der Waals surface area contributed by atoms with Gasteiger partial charge in [-0.1, -0.05) is 6.42 Å². The van der Waals surface area contributed by atoms with Crippen molar-refractivity contribution in [2.75, 3.05) is 45.6 Å². The molecule has 0 aromatic heterocycles. The van der Waals surface area contributed by atoms with E-state index >= 15 is 0 Å². The highest BCUT2D eigenvalue weighted by molar-refractivity contribution is 14.0. The summed E-state index contributed by atoms with van der Waals surface area (Å²) in [5.41, 5.74) is 0. The van der Waals surface area contributed by atoms with Gasteiger partial charge in [-0.05, 0) is 43.9 Å². The lowest BCUT2D eigenvalue weighted by Crippen LogP contribution is -2.42. The minimum absolute atomic E-state index is 0. The normalized spacial score (nSPS) is 18.4. The van der Waals surface area contributed by atoms with E-state index in [0.29, 0.717) is 25.0 Å². The summed E-state index contributed by atoms with van der Waals surface area (Å²) < 4.78 is 32.1. The second-order valence-electron chi connectivity index (χ2n) is 6.76. The van der Waals surface area contributed by atoms with Gasteiger partial charge in [0.15, 0.2) is 5.96 Å². The fraction of sp³-hybridized carbons (Fsp3) is 0.938. The molecule has 0 aromatic carbocycles. The van der Waals surface area contributed by atoms with Gasteiger partial charge in [0.25, 0.3) is 0 Å². The average molecular weight is 488 g/mol. The highest BCUT2D eigenvalue weighted by atomic mass is 127. The van der Waals surface area contributed by atoms with Crippen LogP contribution in [0.15, 0.2) is 4.99 Å². The standard InChI is InChI=1S/C16H32N4O3S.HI/c1-17-16(18-8-3-10-23-13-15-6-7-15)19-9-11-24(21,22)20-12-14-4-2-5-14;/h14-15,20H,2-13H2,1H3,(H2,17,18,19);1H.